The van der Waals surface area contributed by atoms with Gasteiger partial charge in [-0.1, -0.05) is 5.57 Å². The van der Waals surface area contributed by atoms with E-state index >= 15 is 0 Å². The summed E-state index contributed by atoms with van der Waals surface area (Å²) < 4.78 is 55.3. The standard InChI is InChI=1S/C21H28N2O6S2/c1-8-23-21(29-31(27,28)9-2)17(12-22-23)20(24)16-10-11-18(30(7,25)26)19(15(16)6)14(5)13(3)4/h10-12H,8-9H2,1-7H3. The van der Waals surface area contributed by atoms with Gasteiger partial charge in [0.25, 0.3) is 0 Å². The first-order valence-corrected chi connectivity index (χ1v) is 13.2. The normalized spacial score (nSPS) is 12.0. The second-order valence-electron chi connectivity index (χ2n) is 7.45. The van der Waals surface area contributed by atoms with Crippen LogP contribution in [-0.4, -0.2) is 44.4 Å². The Kier molecular flexibility index (Phi) is 7.17. The van der Waals surface area contributed by atoms with Gasteiger partial charge in [0.1, 0.15) is 5.56 Å². The van der Waals surface area contributed by atoms with Gasteiger partial charge < -0.3 is 4.18 Å². The Hall–Kier alpha value is -2.46. The highest BCUT2D eigenvalue weighted by Gasteiger charge is 2.27. The first-order valence-electron chi connectivity index (χ1n) is 9.75. The van der Waals surface area contributed by atoms with Crippen molar-refractivity contribution in [2.45, 2.75) is 53.0 Å². The fraction of sp³-hybridized carbons (Fsp3) is 0.429. The Labute approximate surface area is 184 Å². The van der Waals surface area contributed by atoms with Crippen molar-refractivity contribution in [3.63, 3.8) is 0 Å². The number of ketones is 1. The third kappa shape index (κ3) is 5.07. The highest BCUT2D eigenvalue weighted by molar-refractivity contribution is 7.90. The summed E-state index contributed by atoms with van der Waals surface area (Å²) in [6.07, 6.45) is 2.39. The largest absolute Gasteiger partial charge is 0.361 e. The number of allylic oxidation sites excluding steroid dienone is 2. The maximum Gasteiger partial charge on any atom is 0.310 e. The lowest BCUT2D eigenvalue weighted by Crippen LogP contribution is -2.17. The zero-order valence-electron chi connectivity index (χ0n) is 18.8. The number of hydrogen-bond donors (Lipinski definition) is 0. The summed E-state index contributed by atoms with van der Waals surface area (Å²) in [5.74, 6) is -0.913. The van der Waals surface area contributed by atoms with Crippen LogP contribution in [0.5, 0.6) is 5.88 Å². The number of aryl methyl sites for hydroxylation is 1. The van der Waals surface area contributed by atoms with Crippen molar-refractivity contribution in [2.75, 3.05) is 12.0 Å². The molecule has 0 saturated heterocycles. The molecule has 1 aromatic carbocycles. The third-order valence-corrected chi connectivity index (χ3v) is 7.35. The summed E-state index contributed by atoms with van der Waals surface area (Å²) >= 11 is 0. The number of benzene rings is 1. The van der Waals surface area contributed by atoms with Crippen LogP contribution in [0.15, 0.2) is 28.8 Å². The van der Waals surface area contributed by atoms with E-state index < -0.39 is 25.7 Å². The SMILES string of the molecule is CCn1ncc(C(=O)c2ccc(S(C)(=O)=O)c(C(C)=C(C)C)c2C)c1OS(=O)(=O)CC. The Morgan fingerprint density at radius 1 is 1.06 bits per heavy atom. The summed E-state index contributed by atoms with van der Waals surface area (Å²) in [6.45, 7) is 10.7. The van der Waals surface area contributed by atoms with Gasteiger partial charge in [0, 0.05) is 18.4 Å². The fourth-order valence-corrected chi connectivity index (χ4v) is 4.65. The molecule has 1 heterocycles. The van der Waals surface area contributed by atoms with Gasteiger partial charge in [0.05, 0.1) is 16.8 Å². The number of sulfone groups is 1. The first-order chi connectivity index (χ1) is 14.2. The molecule has 170 valence electrons. The van der Waals surface area contributed by atoms with Crippen molar-refractivity contribution in [2.24, 2.45) is 0 Å². The van der Waals surface area contributed by atoms with E-state index in [1.807, 2.05) is 13.8 Å². The monoisotopic (exact) mass is 468 g/mol. The number of rotatable bonds is 8. The molecule has 8 nitrogen and oxygen atoms in total. The van der Waals surface area contributed by atoms with Crippen molar-refractivity contribution in [1.29, 1.82) is 0 Å². The fourth-order valence-electron chi connectivity index (χ4n) is 3.13. The van der Waals surface area contributed by atoms with E-state index in [9.17, 15) is 21.6 Å². The Morgan fingerprint density at radius 3 is 2.16 bits per heavy atom. The van der Waals surface area contributed by atoms with Crippen LogP contribution in [0.25, 0.3) is 5.57 Å². The molecule has 1 aromatic heterocycles. The molecule has 0 unspecified atom stereocenters. The zero-order chi connectivity index (χ0) is 23.7. The topological polar surface area (TPSA) is 112 Å². The summed E-state index contributed by atoms with van der Waals surface area (Å²) in [7, 11) is -7.43. The number of carbonyl (C=O) groups excluding carboxylic acids is 1. The third-order valence-electron chi connectivity index (χ3n) is 5.09. The molecule has 10 heteroatoms. The lowest BCUT2D eigenvalue weighted by atomic mass is 9.91. The van der Waals surface area contributed by atoms with Gasteiger partial charge in [-0.25, -0.2) is 13.1 Å². The quantitative estimate of drug-likeness (QED) is 0.431. The Morgan fingerprint density at radius 2 is 1.68 bits per heavy atom. The molecule has 0 N–H and O–H groups in total. The smallest absolute Gasteiger partial charge is 0.310 e. The maximum absolute atomic E-state index is 13.4. The molecular weight excluding hydrogens is 440 g/mol. The van der Waals surface area contributed by atoms with Gasteiger partial charge in [-0.05, 0) is 70.4 Å². The molecule has 2 aromatic rings. The molecule has 2 rings (SSSR count). The molecule has 0 fully saturated rings. The molecule has 0 atom stereocenters. The van der Waals surface area contributed by atoms with Gasteiger partial charge in [0.2, 0.25) is 5.88 Å². The predicted octanol–water partition coefficient (Wildman–Crippen LogP) is 3.39. The van der Waals surface area contributed by atoms with Crippen molar-refractivity contribution in [3.8, 4) is 5.88 Å². The van der Waals surface area contributed by atoms with Crippen molar-refractivity contribution in [1.82, 2.24) is 9.78 Å². The van der Waals surface area contributed by atoms with Crippen LogP contribution >= 0.6 is 0 Å². The molecule has 0 aliphatic carbocycles. The van der Waals surface area contributed by atoms with Gasteiger partial charge in [0.15, 0.2) is 15.6 Å². The minimum Gasteiger partial charge on any atom is -0.361 e. The molecule has 0 amide bonds. The lowest BCUT2D eigenvalue weighted by molar-refractivity contribution is 0.103. The Bertz CT molecular complexity index is 1270. The molecule has 0 spiro atoms. The molecule has 0 saturated carbocycles. The van der Waals surface area contributed by atoms with Gasteiger partial charge in [-0.2, -0.15) is 13.5 Å². The second kappa shape index (κ2) is 8.96. The van der Waals surface area contributed by atoms with Gasteiger partial charge in [-0.3, -0.25) is 4.79 Å². The number of nitrogens with zero attached hydrogens (tertiary/aromatic N) is 2. The maximum atomic E-state index is 13.4. The average Bonchev–Trinajstić information content (AvgIpc) is 3.07. The van der Waals surface area contributed by atoms with Crippen LogP contribution in [0.2, 0.25) is 0 Å². The van der Waals surface area contributed by atoms with Crippen LogP contribution < -0.4 is 4.18 Å². The molecule has 0 aliphatic heterocycles. The van der Waals surface area contributed by atoms with E-state index in [2.05, 4.69) is 5.10 Å². The van der Waals surface area contributed by atoms with Crippen LogP contribution in [0.1, 0.15) is 61.7 Å². The van der Waals surface area contributed by atoms with E-state index in [0.717, 1.165) is 17.4 Å². The van der Waals surface area contributed by atoms with Gasteiger partial charge in [-0.15, -0.1) is 0 Å². The minimum atomic E-state index is -3.88. The number of hydrogen-bond acceptors (Lipinski definition) is 7. The summed E-state index contributed by atoms with van der Waals surface area (Å²) in [5, 5.41) is 4.07. The molecular formula is C21H28N2O6S2. The molecule has 31 heavy (non-hydrogen) atoms. The summed E-state index contributed by atoms with van der Waals surface area (Å²) in [4.78, 5) is 13.5. The Balaban J connectivity index is 2.77. The van der Waals surface area contributed by atoms with Crippen LogP contribution in [0.3, 0.4) is 0 Å². The van der Waals surface area contributed by atoms with E-state index in [1.165, 1.54) is 29.9 Å². The van der Waals surface area contributed by atoms with E-state index in [1.54, 1.807) is 20.8 Å². The van der Waals surface area contributed by atoms with Crippen molar-refractivity contribution < 1.29 is 25.8 Å². The highest BCUT2D eigenvalue weighted by Crippen LogP contribution is 2.33. The molecule has 0 bridgehead atoms. The summed E-state index contributed by atoms with van der Waals surface area (Å²) in [6, 6.07) is 2.85. The van der Waals surface area contributed by atoms with Crippen molar-refractivity contribution >= 4 is 31.3 Å². The first kappa shape index (κ1) is 24.8. The van der Waals surface area contributed by atoms with Crippen molar-refractivity contribution in [3.05, 3.63) is 46.2 Å². The van der Waals surface area contributed by atoms with E-state index in [-0.39, 0.29) is 27.7 Å². The number of aromatic nitrogens is 2. The highest BCUT2D eigenvalue weighted by atomic mass is 32.2. The predicted molar refractivity (Wildman–Crippen MR) is 120 cm³/mol. The van der Waals surface area contributed by atoms with E-state index in [0.29, 0.717) is 17.7 Å². The van der Waals surface area contributed by atoms with Gasteiger partial charge >= 0.3 is 10.1 Å². The average molecular weight is 469 g/mol. The minimum absolute atomic E-state index is 0.00474. The van der Waals surface area contributed by atoms with Crippen LogP contribution in [0, 0.1) is 6.92 Å². The van der Waals surface area contributed by atoms with E-state index in [4.69, 9.17) is 4.18 Å². The zero-order valence-corrected chi connectivity index (χ0v) is 20.4. The molecule has 0 aliphatic rings. The number of carbonyl (C=O) groups is 1. The molecule has 0 radical (unpaired) electrons. The second-order valence-corrected chi connectivity index (χ2v) is 11.3. The summed E-state index contributed by atoms with van der Waals surface area (Å²) in [5.41, 5.74) is 2.86. The van der Waals surface area contributed by atoms with Crippen LogP contribution in [-0.2, 0) is 26.5 Å². The van der Waals surface area contributed by atoms with Crippen LogP contribution in [0.4, 0.5) is 0 Å². The lowest BCUT2D eigenvalue weighted by Gasteiger charge is -2.17.